The molecule has 1 aliphatic carbocycles. The lowest BCUT2D eigenvalue weighted by molar-refractivity contribution is -0.120. The molecule has 0 bridgehead atoms. The van der Waals surface area contributed by atoms with Gasteiger partial charge in [0.15, 0.2) is 11.5 Å². The number of hydrogen-bond acceptors (Lipinski definition) is 6. The number of furan rings is 1. The third-order valence-corrected chi connectivity index (χ3v) is 8.78. The van der Waals surface area contributed by atoms with Crippen molar-refractivity contribution in [3.63, 3.8) is 0 Å². The summed E-state index contributed by atoms with van der Waals surface area (Å²) < 4.78 is 44.1. The molecule has 8 heteroatoms. The van der Waals surface area contributed by atoms with Crippen LogP contribution in [0.15, 0.2) is 88.4 Å². The van der Waals surface area contributed by atoms with Gasteiger partial charge in [-0.25, -0.2) is 13.1 Å². The number of nitrogens with one attached hydrogen (secondary N) is 1. The highest BCUT2D eigenvalue weighted by Crippen LogP contribution is 2.51. The molecular formula is C30H27NO6S. The number of benzene rings is 3. The molecule has 6 rings (SSSR count). The monoisotopic (exact) mass is 529 g/mol. The number of carbonyl (C=O) groups is 1. The summed E-state index contributed by atoms with van der Waals surface area (Å²) in [4.78, 5) is 13.7. The van der Waals surface area contributed by atoms with Crippen LogP contribution in [0.3, 0.4) is 0 Å². The van der Waals surface area contributed by atoms with Gasteiger partial charge in [-0.1, -0.05) is 36.4 Å². The van der Waals surface area contributed by atoms with Crippen LogP contribution in [0.25, 0.3) is 11.1 Å². The average Bonchev–Trinajstić information content (AvgIpc) is 3.32. The number of fused-ring (bicyclic) bond motifs is 1. The number of hydrogen-bond donors (Lipinski definition) is 1. The molecule has 0 spiro atoms. The Labute approximate surface area is 221 Å². The van der Waals surface area contributed by atoms with E-state index in [1.165, 1.54) is 6.26 Å². The van der Waals surface area contributed by atoms with Crippen molar-refractivity contribution in [1.29, 1.82) is 0 Å². The van der Waals surface area contributed by atoms with Gasteiger partial charge in [-0.2, -0.15) is 0 Å². The molecule has 194 valence electrons. The van der Waals surface area contributed by atoms with Gasteiger partial charge in [0.2, 0.25) is 16.8 Å². The van der Waals surface area contributed by atoms with Crippen molar-refractivity contribution in [3.8, 4) is 22.6 Å². The van der Waals surface area contributed by atoms with Gasteiger partial charge in [-0.3, -0.25) is 4.79 Å². The van der Waals surface area contributed by atoms with E-state index in [4.69, 9.17) is 13.9 Å². The smallest absolute Gasteiger partial charge is 0.240 e. The van der Waals surface area contributed by atoms with Crippen molar-refractivity contribution in [1.82, 2.24) is 4.72 Å². The van der Waals surface area contributed by atoms with Gasteiger partial charge in [0.25, 0.3) is 0 Å². The number of carbonyl (C=O) groups excluding carboxylic acids is 1. The largest absolute Gasteiger partial charge is 0.468 e. The second-order valence-electron chi connectivity index (χ2n) is 9.83. The Bertz CT molecular complexity index is 1600. The first-order chi connectivity index (χ1) is 18.3. The van der Waals surface area contributed by atoms with E-state index in [-0.39, 0.29) is 24.0 Å². The van der Waals surface area contributed by atoms with E-state index in [0.29, 0.717) is 23.7 Å². The number of sulfonamides is 1. The van der Waals surface area contributed by atoms with Gasteiger partial charge in [-0.05, 0) is 84.0 Å². The summed E-state index contributed by atoms with van der Waals surface area (Å²) in [7, 11) is -3.68. The van der Waals surface area contributed by atoms with Gasteiger partial charge >= 0.3 is 0 Å². The summed E-state index contributed by atoms with van der Waals surface area (Å²) >= 11 is 0. The van der Waals surface area contributed by atoms with Crippen molar-refractivity contribution in [2.24, 2.45) is 0 Å². The molecule has 7 nitrogen and oxygen atoms in total. The maximum Gasteiger partial charge on any atom is 0.240 e. The summed E-state index contributed by atoms with van der Waals surface area (Å²) in [5, 5.41) is 0. The maximum absolute atomic E-state index is 13.5. The predicted octanol–water partition coefficient (Wildman–Crippen LogP) is 5.31. The van der Waals surface area contributed by atoms with Gasteiger partial charge < -0.3 is 13.9 Å². The normalized spacial score (nSPS) is 15.4. The van der Waals surface area contributed by atoms with Crippen molar-refractivity contribution in [2.75, 3.05) is 6.79 Å². The highest BCUT2D eigenvalue weighted by Gasteiger charge is 2.50. The number of ether oxygens (including phenoxy) is 2. The molecule has 38 heavy (non-hydrogen) atoms. The molecule has 2 heterocycles. The second-order valence-corrected chi connectivity index (χ2v) is 11.6. The highest BCUT2D eigenvalue weighted by molar-refractivity contribution is 7.89. The van der Waals surface area contributed by atoms with Gasteiger partial charge in [0.05, 0.1) is 23.1 Å². The van der Waals surface area contributed by atoms with Crippen LogP contribution >= 0.6 is 0 Å². The number of ketones is 1. The molecule has 1 saturated carbocycles. The van der Waals surface area contributed by atoms with Crippen LogP contribution in [0.2, 0.25) is 0 Å². The Hall–Kier alpha value is -3.88. The molecule has 3 aromatic carbocycles. The van der Waals surface area contributed by atoms with Crippen molar-refractivity contribution in [3.05, 3.63) is 102 Å². The van der Waals surface area contributed by atoms with E-state index in [1.807, 2.05) is 43.3 Å². The van der Waals surface area contributed by atoms with E-state index >= 15 is 0 Å². The van der Waals surface area contributed by atoms with E-state index < -0.39 is 15.4 Å². The third-order valence-electron chi connectivity index (χ3n) is 7.37. The van der Waals surface area contributed by atoms with Crippen molar-refractivity contribution >= 4 is 15.8 Å². The molecule has 2 aliphatic rings. The van der Waals surface area contributed by atoms with Crippen LogP contribution in [0.4, 0.5) is 0 Å². The summed E-state index contributed by atoms with van der Waals surface area (Å²) in [6, 6.07) is 22.0. The van der Waals surface area contributed by atoms with Gasteiger partial charge in [0.1, 0.15) is 11.5 Å². The minimum atomic E-state index is -3.68. The number of Topliss-reactive ketones (excluding diaryl/α,β-unsaturated/α-hetero) is 1. The SMILES string of the molecule is Cc1ccc(CC(=O)C2(c3ccc4c(c3)OCO4)CC2)cc1-c1ccc(S(=O)(=O)NCc2ccco2)cc1. The van der Waals surface area contributed by atoms with Gasteiger partial charge in [-0.15, -0.1) is 0 Å². The quantitative estimate of drug-likeness (QED) is 0.316. The molecule has 0 unspecified atom stereocenters. The summed E-state index contributed by atoms with van der Waals surface area (Å²) in [5.74, 6) is 2.14. The first kappa shape index (κ1) is 24.5. The third kappa shape index (κ3) is 4.61. The predicted molar refractivity (Wildman–Crippen MR) is 142 cm³/mol. The summed E-state index contributed by atoms with van der Waals surface area (Å²) in [6.07, 6.45) is 3.48. The zero-order valence-electron chi connectivity index (χ0n) is 20.9. The summed E-state index contributed by atoms with van der Waals surface area (Å²) in [6.45, 7) is 2.30. The lowest BCUT2D eigenvalue weighted by atomic mass is 9.87. The fraction of sp³-hybridized carbons (Fsp3) is 0.233. The number of rotatable bonds is 9. The molecule has 1 fully saturated rings. The molecule has 0 saturated heterocycles. The minimum Gasteiger partial charge on any atom is -0.468 e. The Morgan fingerprint density at radius 2 is 1.74 bits per heavy atom. The molecular weight excluding hydrogens is 502 g/mol. The van der Waals surface area contributed by atoms with E-state index in [0.717, 1.165) is 40.7 Å². The molecule has 4 aromatic rings. The van der Waals surface area contributed by atoms with Crippen LogP contribution in [-0.4, -0.2) is 21.0 Å². The molecule has 0 radical (unpaired) electrons. The van der Waals surface area contributed by atoms with Crippen LogP contribution in [0.1, 0.15) is 35.3 Å². The number of aryl methyl sites for hydroxylation is 1. The molecule has 1 N–H and O–H groups in total. The van der Waals surface area contributed by atoms with Gasteiger partial charge in [0, 0.05) is 6.42 Å². The first-order valence-electron chi connectivity index (χ1n) is 12.5. The molecule has 0 atom stereocenters. The van der Waals surface area contributed by atoms with Crippen molar-refractivity contribution < 1.29 is 27.1 Å². The lowest BCUT2D eigenvalue weighted by Crippen LogP contribution is -2.23. The average molecular weight is 530 g/mol. The Morgan fingerprint density at radius 3 is 2.47 bits per heavy atom. The fourth-order valence-corrected chi connectivity index (χ4v) is 5.96. The second kappa shape index (κ2) is 9.45. The fourth-order valence-electron chi connectivity index (χ4n) is 4.97. The lowest BCUT2D eigenvalue weighted by Gasteiger charge is -2.16. The first-order valence-corrected chi connectivity index (χ1v) is 14.0. The van der Waals surface area contributed by atoms with Crippen molar-refractivity contribution in [2.45, 2.75) is 43.0 Å². The maximum atomic E-state index is 13.5. The Kier molecular flexibility index (Phi) is 6.08. The molecule has 1 aromatic heterocycles. The van der Waals surface area contributed by atoms with Crippen LogP contribution < -0.4 is 14.2 Å². The molecule has 0 amide bonds. The zero-order valence-corrected chi connectivity index (χ0v) is 21.7. The van der Waals surface area contributed by atoms with Crippen LogP contribution in [-0.2, 0) is 33.2 Å². The standard InChI is InChI=1S/C30H27NO6S/c1-20-4-5-21(16-29(32)30(12-13-30)23-8-11-27-28(17-23)37-19-36-27)15-26(20)22-6-9-25(10-7-22)38(33,34)31-18-24-3-2-14-35-24/h2-11,14-15,17,31H,12-13,16,18-19H2,1H3. The highest BCUT2D eigenvalue weighted by atomic mass is 32.2. The van der Waals surface area contributed by atoms with E-state index in [9.17, 15) is 13.2 Å². The Morgan fingerprint density at radius 1 is 0.947 bits per heavy atom. The van der Waals surface area contributed by atoms with Crippen LogP contribution in [0, 0.1) is 6.92 Å². The van der Waals surface area contributed by atoms with E-state index in [1.54, 1.807) is 36.4 Å². The topological polar surface area (TPSA) is 94.8 Å². The minimum absolute atomic E-state index is 0.0833. The van der Waals surface area contributed by atoms with Crippen LogP contribution in [0.5, 0.6) is 11.5 Å². The Balaban J connectivity index is 1.19. The summed E-state index contributed by atoms with van der Waals surface area (Å²) in [5.41, 5.74) is 4.35. The zero-order chi connectivity index (χ0) is 26.3. The molecule has 1 aliphatic heterocycles. The van der Waals surface area contributed by atoms with E-state index in [2.05, 4.69) is 4.72 Å².